The van der Waals surface area contributed by atoms with Crippen LogP contribution in [-0.4, -0.2) is 70.0 Å². The van der Waals surface area contributed by atoms with E-state index in [0.717, 1.165) is 0 Å². The molecule has 0 unspecified atom stereocenters. The molecule has 0 aromatic carbocycles. The van der Waals surface area contributed by atoms with Crippen molar-refractivity contribution in [3.63, 3.8) is 0 Å². The van der Waals surface area contributed by atoms with Gasteiger partial charge in [0.2, 0.25) is 0 Å². The molecule has 0 aromatic heterocycles. The van der Waals surface area contributed by atoms with Crippen LogP contribution in [0.5, 0.6) is 0 Å². The Balaban J connectivity index is 4.52. The third kappa shape index (κ3) is 4.57. The fraction of sp³-hybridized carbons (Fsp3) is 0.800. The zero-order chi connectivity index (χ0) is 14.3. The van der Waals surface area contributed by atoms with Crippen molar-refractivity contribution in [2.75, 3.05) is 13.2 Å². The quantitative estimate of drug-likeness (QED) is 0.373. The highest BCUT2D eigenvalue weighted by Crippen LogP contribution is 2.08. The van der Waals surface area contributed by atoms with Crippen LogP contribution in [-0.2, 0) is 19.1 Å². The van der Waals surface area contributed by atoms with Crippen LogP contribution in [0.4, 0.5) is 0 Å². The Labute approximate surface area is 104 Å². The zero-order valence-corrected chi connectivity index (χ0v) is 10.1. The fourth-order valence-electron chi connectivity index (χ4n) is 1.11. The highest BCUT2D eigenvalue weighted by molar-refractivity contribution is 5.77. The minimum absolute atomic E-state index is 0.0286. The molecule has 0 aromatic rings. The predicted molar refractivity (Wildman–Crippen MR) is 57.3 cm³/mol. The van der Waals surface area contributed by atoms with E-state index in [1.54, 1.807) is 0 Å². The fourth-order valence-corrected chi connectivity index (χ4v) is 1.11. The molecule has 0 spiro atoms. The summed E-state index contributed by atoms with van der Waals surface area (Å²) in [5.41, 5.74) is 0. The molecule has 0 radical (unpaired) electrons. The SMILES string of the molecule is CCOC(=O)[C@@H](O)[C@@H](O)[C@@H](O)[C@@H](O)C(=O)OCC. The normalized spacial score (nSPS) is 17.4. The zero-order valence-electron chi connectivity index (χ0n) is 10.1. The molecule has 0 fully saturated rings. The van der Waals surface area contributed by atoms with Gasteiger partial charge in [0.05, 0.1) is 13.2 Å². The van der Waals surface area contributed by atoms with Gasteiger partial charge in [-0.15, -0.1) is 0 Å². The number of hydrogen-bond donors (Lipinski definition) is 4. The number of carbonyl (C=O) groups excluding carboxylic acids is 2. The Morgan fingerprint density at radius 2 is 1.11 bits per heavy atom. The van der Waals surface area contributed by atoms with Crippen LogP contribution in [0.1, 0.15) is 13.8 Å². The van der Waals surface area contributed by atoms with Gasteiger partial charge < -0.3 is 29.9 Å². The van der Waals surface area contributed by atoms with Crippen LogP contribution >= 0.6 is 0 Å². The molecule has 0 saturated heterocycles. The maximum absolute atomic E-state index is 11.1. The van der Waals surface area contributed by atoms with Gasteiger partial charge in [0.15, 0.2) is 12.2 Å². The van der Waals surface area contributed by atoms with Crippen molar-refractivity contribution < 1.29 is 39.5 Å². The van der Waals surface area contributed by atoms with Gasteiger partial charge in [0, 0.05) is 0 Å². The predicted octanol–water partition coefficient (Wildman–Crippen LogP) is -2.44. The minimum Gasteiger partial charge on any atom is -0.464 e. The minimum atomic E-state index is -2.07. The van der Waals surface area contributed by atoms with Crippen LogP contribution in [0.15, 0.2) is 0 Å². The first-order valence-corrected chi connectivity index (χ1v) is 5.42. The van der Waals surface area contributed by atoms with Crippen molar-refractivity contribution >= 4 is 11.9 Å². The number of esters is 2. The van der Waals surface area contributed by atoms with E-state index in [2.05, 4.69) is 9.47 Å². The Kier molecular flexibility index (Phi) is 7.44. The lowest BCUT2D eigenvalue weighted by Gasteiger charge is -2.24. The van der Waals surface area contributed by atoms with Crippen molar-refractivity contribution in [3.05, 3.63) is 0 Å². The summed E-state index contributed by atoms with van der Waals surface area (Å²) in [6.45, 7) is 2.92. The summed E-state index contributed by atoms with van der Waals surface area (Å²) in [5.74, 6) is -2.33. The molecule has 0 aliphatic rings. The van der Waals surface area contributed by atoms with Crippen molar-refractivity contribution in [1.82, 2.24) is 0 Å². The molecule has 8 nitrogen and oxygen atoms in total. The van der Waals surface area contributed by atoms with E-state index in [9.17, 15) is 30.0 Å². The van der Waals surface area contributed by atoms with Crippen LogP contribution in [0.2, 0.25) is 0 Å². The molecule has 106 valence electrons. The molecule has 4 N–H and O–H groups in total. The largest absolute Gasteiger partial charge is 0.464 e. The molecule has 0 aliphatic heterocycles. The van der Waals surface area contributed by atoms with Gasteiger partial charge in [-0.25, -0.2) is 9.59 Å². The summed E-state index contributed by atoms with van der Waals surface area (Å²) < 4.78 is 8.81. The molecule has 18 heavy (non-hydrogen) atoms. The second-order valence-electron chi connectivity index (χ2n) is 3.37. The van der Waals surface area contributed by atoms with Crippen LogP contribution < -0.4 is 0 Å². The smallest absolute Gasteiger partial charge is 0.337 e. The molecule has 8 heteroatoms. The summed E-state index contributed by atoms with van der Waals surface area (Å²) >= 11 is 0. The first kappa shape index (κ1) is 16.8. The van der Waals surface area contributed by atoms with Crippen molar-refractivity contribution in [2.45, 2.75) is 38.3 Å². The topological polar surface area (TPSA) is 134 Å². The Bertz CT molecular complexity index is 251. The van der Waals surface area contributed by atoms with Crippen LogP contribution in [0, 0.1) is 0 Å². The van der Waals surface area contributed by atoms with E-state index in [4.69, 9.17) is 0 Å². The molecule has 0 heterocycles. The summed E-state index contributed by atoms with van der Waals surface area (Å²) in [5, 5.41) is 37.4. The van der Waals surface area contributed by atoms with E-state index >= 15 is 0 Å². The average Bonchev–Trinajstić information content (AvgIpc) is 2.35. The Hall–Kier alpha value is -1.22. The number of carbonyl (C=O) groups is 2. The highest BCUT2D eigenvalue weighted by Gasteiger charge is 2.38. The maximum Gasteiger partial charge on any atom is 0.337 e. The van der Waals surface area contributed by atoms with Gasteiger partial charge in [-0.2, -0.15) is 0 Å². The molecule has 4 atom stereocenters. The van der Waals surface area contributed by atoms with E-state index < -0.39 is 36.4 Å². The van der Waals surface area contributed by atoms with E-state index in [1.165, 1.54) is 13.8 Å². The Morgan fingerprint density at radius 3 is 1.33 bits per heavy atom. The van der Waals surface area contributed by atoms with Gasteiger partial charge >= 0.3 is 11.9 Å². The lowest BCUT2D eigenvalue weighted by Crippen LogP contribution is -2.50. The number of rotatable bonds is 7. The molecule has 0 amide bonds. The summed E-state index contributed by atoms with van der Waals surface area (Å²) in [6, 6.07) is 0. The maximum atomic E-state index is 11.1. The molecule has 0 aliphatic carbocycles. The third-order valence-electron chi connectivity index (χ3n) is 2.05. The number of aliphatic hydroxyl groups is 4. The van der Waals surface area contributed by atoms with Crippen LogP contribution in [0.25, 0.3) is 0 Å². The second-order valence-corrected chi connectivity index (χ2v) is 3.37. The monoisotopic (exact) mass is 266 g/mol. The van der Waals surface area contributed by atoms with Gasteiger partial charge in [0.1, 0.15) is 12.2 Å². The van der Waals surface area contributed by atoms with E-state index in [-0.39, 0.29) is 13.2 Å². The number of hydrogen-bond acceptors (Lipinski definition) is 8. The van der Waals surface area contributed by atoms with Gasteiger partial charge in [0.25, 0.3) is 0 Å². The van der Waals surface area contributed by atoms with Crippen molar-refractivity contribution in [2.24, 2.45) is 0 Å². The Morgan fingerprint density at radius 1 is 0.833 bits per heavy atom. The number of aliphatic hydroxyl groups excluding tert-OH is 4. The molecular formula is C10H18O8. The van der Waals surface area contributed by atoms with E-state index in [0.29, 0.717) is 0 Å². The molecule has 0 rings (SSSR count). The highest BCUT2D eigenvalue weighted by atomic mass is 16.6. The standard InChI is InChI=1S/C10H18O8/c1-3-17-9(15)7(13)5(11)6(12)8(14)10(16)18-4-2/h5-8,11-14H,3-4H2,1-2H3/t5-,6+,7-,8+. The lowest BCUT2D eigenvalue weighted by molar-refractivity contribution is -0.178. The van der Waals surface area contributed by atoms with Crippen LogP contribution in [0.3, 0.4) is 0 Å². The summed E-state index contributed by atoms with van der Waals surface area (Å²) in [4.78, 5) is 22.1. The number of ether oxygens (including phenoxy) is 2. The van der Waals surface area contributed by atoms with Crippen molar-refractivity contribution in [3.8, 4) is 0 Å². The first-order valence-electron chi connectivity index (χ1n) is 5.42. The second kappa shape index (κ2) is 7.98. The van der Waals surface area contributed by atoms with Crippen molar-refractivity contribution in [1.29, 1.82) is 0 Å². The average molecular weight is 266 g/mol. The molecular weight excluding hydrogens is 248 g/mol. The summed E-state index contributed by atoms with van der Waals surface area (Å²) in [6.07, 6.45) is -8.26. The first-order chi connectivity index (χ1) is 8.36. The lowest BCUT2D eigenvalue weighted by atomic mass is 10.0. The summed E-state index contributed by atoms with van der Waals surface area (Å²) in [7, 11) is 0. The van der Waals surface area contributed by atoms with E-state index in [1.807, 2.05) is 0 Å². The van der Waals surface area contributed by atoms with Gasteiger partial charge in [-0.3, -0.25) is 0 Å². The molecule has 0 bridgehead atoms. The third-order valence-corrected chi connectivity index (χ3v) is 2.05. The molecule has 0 saturated carbocycles. The van der Waals surface area contributed by atoms with Gasteiger partial charge in [-0.05, 0) is 13.8 Å². The van der Waals surface area contributed by atoms with Gasteiger partial charge in [-0.1, -0.05) is 0 Å².